The van der Waals surface area contributed by atoms with Gasteiger partial charge in [0, 0.05) is 18.4 Å². The normalized spacial score (nSPS) is 9.89. The Kier molecular flexibility index (Phi) is 32.1. The number of hydrogen-bond acceptors (Lipinski definition) is 2. The molecule has 0 aliphatic rings. The van der Waals surface area contributed by atoms with E-state index in [0.717, 1.165) is 18.7 Å². The van der Waals surface area contributed by atoms with Gasteiger partial charge in [0.25, 0.3) is 0 Å². The molecule has 0 fully saturated rings. The number of hydrogen-bond donors (Lipinski definition) is 2. The van der Waals surface area contributed by atoms with Gasteiger partial charge in [-0.25, -0.2) is 0 Å². The SMILES string of the molecule is CC.CCC.CCCCCCN/C=C(\N)CCCC. The van der Waals surface area contributed by atoms with Crippen molar-refractivity contribution < 1.29 is 0 Å². The van der Waals surface area contributed by atoms with Gasteiger partial charge in [-0.15, -0.1) is 0 Å². The van der Waals surface area contributed by atoms with Crippen LogP contribution in [0.2, 0.25) is 0 Å². The van der Waals surface area contributed by atoms with E-state index in [4.69, 9.17) is 5.73 Å². The third-order valence-electron chi connectivity index (χ3n) is 2.28. The predicted molar refractivity (Wildman–Crippen MR) is 91.3 cm³/mol. The van der Waals surface area contributed by atoms with Crippen LogP contribution in [0.1, 0.15) is 92.9 Å². The van der Waals surface area contributed by atoms with Gasteiger partial charge in [-0.1, -0.05) is 73.6 Å². The van der Waals surface area contributed by atoms with E-state index in [-0.39, 0.29) is 0 Å². The number of nitrogens with one attached hydrogen (secondary N) is 1. The molecule has 0 aromatic heterocycles. The first-order chi connectivity index (χ1) is 9.22. The molecule has 0 heterocycles. The van der Waals surface area contributed by atoms with Gasteiger partial charge in [0.15, 0.2) is 0 Å². The molecule has 2 heteroatoms. The molecule has 0 atom stereocenters. The van der Waals surface area contributed by atoms with Crippen molar-refractivity contribution >= 4 is 0 Å². The molecular formula is C17H40N2. The zero-order valence-corrected chi connectivity index (χ0v) is 14.5. The van der Waals surface area contributed by atoms with E-state index in [1.807, 2.05) is 20.0 Å². The molecule has 0 amide bonds. The molecule has 118 valence electrons. The quantitative estimate of drug-likeness (QED) is 0.537. The van der Waals surface area contributed by atoms with Crippen molar-refractivity contribution in [2.75, 3.05) is 6.54 Å². The average molecular weight is 273 g/mol. The second-order valence-electron chi connectivity index (χ2n) is 4.54. The molecule has 0 spiro atoms. The lowest BCUT2D eigenvalue weighted by Crippen LogP contribution is -2.11. The predicted octanol–water partition coefficient (Wildman–Crippen LogP) is 5.59. The summed E-state index contributed by atoms with van der Waals surface area (Å²) in [6.45, 7) is 13.7. The van der Waals surface area contributed by atoms with Crippen LogP contribution in [0.5, 0.6) is 0 Å². The molecule has 0 aromatic carbocycles. The third-order valence-corrected chi connectivity index (χ3v) is 2.28. The molecule has 0 rings (SSSR count). The first kappa shape index (κ1) is 23.4. The summed E-state index contributed by atoms with van der Waals surface area (Å²) in [5, 5.41) is 3.27. The minimum absolute atomic E-state index is 0.988. The van der Waals surface area contributed by atoms with Gasteiger partial charge in [0.2, 0.25) is 0 Å². The zero-order chi connectivity index (χ0) is 15.4. The van der Waals surface area contributed by atoms with Crippen LogP contribution in [0.4, 0.5) is 0 Å². The van der Waals surface area contributed by atoms with Crippen molar-refractivity contribution in [2.24, 2.45) is 5.73 Å². The second-order valence-corrected chi connectivity index (χ2v) is 4.54. The second kappa shape index (κ2) is 26.0. The number of nitrogens with two attached hydrogens (primary N) is 1. The lowest BCUT2D eigenvalue weighted by atomic mass is 10.2. The monoisotopic (exact) mass is 272 g/mol. The van der Waals surface area contributed by atoms with Gasteiger partial charge in [-0.05, 0) is 19.3 Å². The van der Waals surface area contributed by atoms with Gasteiger partial charge in [0.1, 0.15) is 0 Å². The molecule has 2 nitrogen and oxygen atoms in total. The van der Waals surface area contributed by atoms with Crippen LogP contribution in [-0.4, -0.2) is 6.54 Å². The maximum absolute atomic E-state index is 5.80. The maximum atomic E-state index is 5.80. The highest BCUT2D eigenvalue weighted by atomic mass is 14.8. The van der Waals surface area contributed by atoms with E-state index in [1.165, 1.54) is 44.9 Å². The van der Waals surface area contributed by atoms with Gasteiger partial charge in [-0.2, -0.15) is 0 Å². The fourth-order valence-corrected chi connectivity index (χ4v) is 1.31. The van der Waals surface area contributed by atoms with Crippen molar-refractivity contribution in [1.82, 2.24) is 5.32 Å². The highest BCUT2D eigenvalue weighted by molar-refractivity contribution is 4.94. The number of allylic oxidation sites excluding steroid dienone is 1. The Labute approximate surface area is 123 Å². The zero-order valence-electron chi connectivity index (χ0n) is 14.5. The fourth-order valence-electron chi connectivity index (χ4n) is 1.31. The minimum atomic E-state index is 0.988. The van der Waals surface area contributed by atoms with Crippen molar-refractivity contribution in [2.45, 2.75) is 92.9 Å². The van der Waals surface area contributed by atoms with Crippen molar-refractivity contribution in [3.05, 3.63) is 11.9 Å². The summed E-state index contributed by atoms with van der Waals surface area (Å²) in [5.74, 6) is 0. The molecule has 0 unspecified atom stereocenters. The number of unbranched alkanes of at least 4 members (excludes halogenated alkanes) is 4. The third kappa shape index (κ3) is 31.7. The van der Waals surface area contributed by atoms with E-state index in [9.17, 15) is 0 Å². The van der Waals surface area contributed by atoms with E-state index < -0.39 is 0 Å². The van der Waals surface area contributed by atoms with Gasteiger partial charge in [-0.3, -0.25) is 0 Å². The van der Waals surface area contributed by atoms with Crippen LogP contribution >= 0.6 is 0 Å². The summed E-state index contributed by atoms with van der Waals surface area (Å²) >= 11 is 0. The Balaban J connectivity index is -0.000000445. The summed E-state index contributed by atoms with van der Waals surface area (Å²) in [5.41, 5.74) is 6.79. The molecular weight excluding hydrogens is 232 g/mol. The highest BCUT2D eigenvalue weighted by Gasteiger charge is 1.89. The molecule has 3 N–H and O–H groups in total. The van der Waals surface area contributed by atoms with Crippen LogP contribution in [0.3, 0.4) is 0 Å². The van der Waals surface area contributed by atoms with Crippen LogP contribution in [0.25, 0.3) is 0 Å². The molecule has 0 saturated carbocycles. The Morgan fingerprint density at radius 2 is 1.42 bits per heavy atom. The largest absolute Gasteiger partial charge is 0.401 e. The standard InChI is InChI=1S/C12H26N2.C3H8.C2H6/c1-3-5-7-8-10-14-11-12(13)9-6-4-2;1-3-2;1-2/h11,14H,3-10,13H2,1-2H3;3H2,1-2H3;1-2H3/b12-11-;;. The smallest absolute Gasteiger partial charge is 0.0240 e. The molecule has 19 heavy (non-hydrogen) atoms. The Morgan fingerprint density at radius 1 is 0.895 bits per heavy atom. The van der Waals surface area contributed by atoms with E-state index in [1.54, 1.807) is 0 Å². The lowest BCUT2D eigenvalue weighted by molar-refractivity contribution is 0.642. The number of rotatable bonds is 9. The summed E-state index contributed by atoms with van der Waals surface area (Å²) in [7, 11) is 0. The van der Waals surface area contributed by atoms with E-state index in [2.05, 4.69) is 33.0 Å². The Bertz CT molecular complexity index is 153. The summed E-state index contributed by atoms with van der Waals surface area (Å²) in [6, 6.07) is 0. The topological polar surface area (TPSA) is 38.0 Å². The Hall–Kier alpha value is -0.660. The molecule has 0 aliphatic carbocycles. The van der Waals surface area contributed by atoms with Crippen LogP contribution in [0.15, 0.2) is 11.9 Å². The molecule has 0 bridgehead atoms. The van der Waals surface area contributed by atoms with Crippen LogP contribution in [0, 0.1) is 0 Å². The average Bonchev–Trinajstić information content (AvgIpc) is 2.43. The summed E-state index contributed by atoms with van der Waals surface area (Å²) in [6.07, 6.45) is 11.9. The highest BCUT2D eigenvalue weighted by Crippen LogP contribution is 2.00. The molecule has 0 saturated heterocycles. The van der Waals surface area contributed by atoms with Crippen molar-refractivity contribution in [1.29, 1.82) is 0 Å². The van der Waals surface area contributed by atoms with Gasteiger partial charge < -0.3 is 11.1 Å². The lowest BCUT2D eigenvalue weighted by Gasteiger charge is -2.03. The van der Waals surface area contributed by atoms with Crippen molar-refractivity contribution in [3.8, 4) is 0 Å². The molecule has 0 aliphatic heterocycles. The van der Waals surface area contributed by atoms with Crippen LogP contribution < -0.4 is 11.1 Å². The molecule has 0 radical (unpaired) electrons. The van der Waals surface area contributed by atoms with Gasteiger partial charge in [0.05, 0.1) is 0 Å². The Morgan fingerprint density at radius 3 is 1.89 bits per heavy atom. The summed E-state index contributed by atoms with van der Waals surface area (Å²) < 4.78 is 0. The maximum Gasteiger partial charge on any atom is 0.0240 e. The molecule has 0 aromatic rings. The van der Waals surface area contributed by atoms with Gasteiger partial charge >= 0.3 is 0 Å². The minimum Gasteiger partial charge on any atom is -0.401 e. The van der Waals surface area contributed by atoms with Crippen LogP contribution in [-0.2, 0) is 0 Å². The summed E-state index contributed by atoms with van der Waals surface area (Å²) in [4.78, 5) is 0. The van der Waals surface area contributed by atoms with E-state index >= 15 is 0 Å². The van der Waals surface area contributed by atoms with Crippen molar-refractivity contribution in [3.63, 3.8) is 0 Å². The first-order valence-corrected chi connectivity index (χ1v) is 8.40. The first-order valence-electron chi connectivity index (χ1n) is 8.40. The van der Waals surface area contributed by atoms with E-state index in [0.29, 0.717) is 0 Å². The fraction of sp³-hybridized carbons (Fsp3) is 0.882.